The van der Waals surface area contributed by atoms with Gasteiger partial charge in [0.1, 0.15) is 23.0 Å². The van der Waals surface area contributed by atoms with Crippen molar-refractivity contribution in [2.24, 2.45) is 0 Å². The monoisotopic (exact) mass is 666 g/mol. The molecule has 0 spiro atoms. The van der Waals surface area contributed by atoms with Crippen molar-refractivity contribution in [2.75, 3.05) is 57.9 Å². The van der Waals surface area contributed by atoms with Gasteiger partial charge in [-0.15, -0.1) is 0 Å². The number of carbonyl (C=O) groups is 2. The molecule has 0 fully saturated rings. The fourth-order valence-electron chi connectivity index (χ4n) is 6.73. The minimum atomic E-state index is -0.769. The van der Waals surface area contributed by atoms with Gasteiger partial charge in [-0.05, 0) is 72.5 Å². The second-order valence-electron chi connectivity index (χ2n) is 13.1. The van der Waals surface area contributed by atoms with Gasteiger partial charge in [-0.3, -0.25) is 9.59 Å². The summed E-state index contributed by atoms with van der Waals surface area (Å²) in [5.74, 6) is 2.15. The number of methoxy groups -OCH3 is 4. The Hall–Kier alpha value is -4.34. The van der Waals surface area contributed by atoms with Gasteiger partial charge in [-0.25, -0.2) is 0 Å². The first-order valence-corrected chi connectivity index (χ1v) is 16.5. The number of esters is 1. The lowest BCUT2D eigenvalue weighted by Gasteiger charge is -2.43. The molecule has 0 saturated carbocycles. The standard InChI is InChI=1S/C20H29NO4.C18H25NO4/c1-7-25-18(22)9-8-10-21-16-11-15(23-5)12-17(24-6)19(16)14(2)13-20(21,3)4;1-12-11-18(2,3)19(8-6-7-16(20)21)14-9-13(22-4)10-15(23-5)17(12)14/h11-13H,7-10H2,1-6H3;9-11H,6-8H2,1-5H3,(H,20,21). The highest BCUT2D eigenvalue weighted by atomic mass is 16.5. The van der Waals surface area contributed by atoms with Crippen molar-refractivity contribution in [1.29, 1.82) is 0 Å². The van der Waals surface area contributed by atoms with Crippen LogP contribution in [0, 0.1) is 0 Å². The zero-order chi connectivity index (χ0) is 35.8. The van der Waals surface area contributed by atoms with Gasteiger partial charge in [0, 0.05) is 61.3 Å². The number of anilines is 2. The average Bonchev–Trinajstić information content (AvgIpc) is 3.02. The molecule has 264 valence electrons. The third kappa shape index (κ3) is 8.76. The van der Waals surface area contributed by atoms with Gasteiger partial charge in [-0.1, -0.05) is 12.2 Å². The fraction of sp³-hybridized carbons (Fsp3) is 0.526. The normalized spacial score (nSPS) is 15.5. The van der Waals surface area contributed by atoms with E-state index in [0.29, 0.717) is 26.0 Å². The number of aliphatic carboxylic acids is 1. The maximum Gasteiger partial charge on any atom is 0.305 e. The number of carboxylic acids is 1. The molecular formula is C38H54N2O8. The number of carbonyl (C=O) groups excluding carboxylic acids is 1. The van der Waals surface area contributed by atoms with Gasteiger partial charge in [0.05, 0.1) is 57.5 Å². The van der Waals surface area contributed by atoms with Gasteiger partial charge in [-0.2, -0.15) is 0 Å². The predicted molar refractivity (Wildman–Crippen MR) is 192 cm³/mol. The van der Waals surface area contributed by atoms with Crippen molar-refractivity contribution >= 4 is 34.5 Å². The molecule has 2 aliphatic heterocycles. The molecular weight excluding hydrogens is 612 g/mol. The van der Waals surface area contributed by atoms with Gasteiger partial charge in [0.25, 0.3) is 0 Å². The largest absolute Gasteiger partial charge is 0.497 e. The lowest BCUT2D eigenvalue weighted by atomic mass is 9.88. The van der Waals surface area contributed by atoms with E-state index in [1.807, 2.05) is 31.2 Å². The summed E-state index contributed by atoms with van der Waals surface area (Å²) in [5, 5.41) is 8.90. The number of rotatable bonds is 13. The Morgan fingerprint density at radius 3 is 1.46 bits per heavy atom. The lowest BCUT2D eigenvalue weighted by Crippen LogP contribution is -2.45. The Balaban J connectivity index is 0.000000261. The van der Waals surface area contributed by atoms with E-state index in [1.165, 1.54) is 5.57 Å². The number of benzene rings is 2. The molecule has 2 aromatic rings. The van der Waals surface area contributed by atoms with Crippen molar-refractivity contribution in [3.63, 3.8) is 0 Å². The molecule has 0 bridgehead atoms. The number of hydrogen-bond donors (Lipinski definition) is 1. The molecule has 2 aromatic carbocycles. The third-order valence-electron chi connectivity index (χ3n) is 8.76. The topological polar surface area (TPSA) is 107 Å². The van der Waals surface area contributed by atoms with Crippen molar-refractivity contribution in [3.05, 3.63) is 47.5 Å². The SMILES string of the molecule is CCOC(=O)CCCN1c2cc(OC)cc(OC)c2C(C)=CC1(C)C.COc1cc(OC)c2c(c1)N(CCCC(=O)O)C(C)(C)C=C2C. The second-order valence-corrected chi connectivity index (χ2v) is 13.1. The Bertz CT molecular complexity index is 1530. The van der Waals surface area contributed by atoms with E-state index in [-0.39, 0.29) is 23.5 Å². The number of allylic oxidation sites excluding steroid dienone is 2. The van der Waals surface area contributed by atoms with Crippen LogP contribution in [0.2, 0.25) is 0 Å². The summed E-state index contributed by atoms with van der Waals surface area (Å²) < 4.78 is 27.0. The quantitative estimate of drug-likeness (QED) is 0.215. The molecule has 10 heteroatoms. The maximum atomic E-state index is 11.7. The molecule has 4 rings (SSSR count). The minimum Gasteiger partial charge on any atom is -0.497 e. The van der Waals surface area contributed by atoms with E-state index in [1.54, 1.807) is 28.4 Å². The molecule has 0 amide bonds. The van der Waals surface area contributed by atoms with Crippen LogP contribution in [0.25, 0.3) is 11.1 Å². The second kappa shape index (κ2) is 16.2. The van der Waals surface area contributed by atoms with Crippen LogP contribution in [-0.2, 0) is 14.3 Å². The zero-order valence-corrected chi connectivity index (χ0v) is 30.6. The van der Waals surface area contributed by atoms with Crippen molar-refractivity contribution in [3.8, 4) is 23.0 Å². The van der Waals surface area contributed by atoms with Crippen LogP contribution < -0.4 is 28.7 Å². The van der Waals surface area contributed by atoms with Crippen molar-refractivity contribution in [1.82, 2.24) is 0 Å². The first-order valence-electron chi connectivity index (χ1n) is 16.5. The summed E-state index contributed by atoms with van der Waals surface area (Å²) in [7, 11) is 6.61. The molecule has 0 aromatic heterocycles. The summed E-state index contributed by atoms with van der Waals surface area (Å²) in [5.41, 5.74) is 6.19. The molecule has 0 unspecified atom stereocenters. The van der Waals surface area contributed by atoms with Crippen LogP contribution >= 0.6 is 0 Å². The first-order chi connectivity index (χ1) is 22.6. The van der Waals surface area contributed by atoms with Crippen LogP contribution in [0.4, 0.5) is 11.4 Å². The Morgan fingerprint density at radius 1 is 0.688 bits per heavy atom. The van der Waals surface area contributed by atoms with Gasteiger partial charge in [0.2, 0.25) is 0 Å². The average molecular weight is 667 g/mol. The molecule has 2 heterocycles. The Morgan fingerprint density at radius 2 is 1.10 bits per heavy atom. The molecule has 48 heavy (non-hydrogen) atoms. The highest BCUT2D eigenvalue weighted by Gasteiger charge is 2.34. The Labute approximate surface area is 286 Å². The number of nitrogens with zero attached hydrogens (tertiary/aromatic N) is 2. The van der Waals surface area contributed by atoms with Crippen LogP contribution in [0.3, 0.4) is 0 Å². The van der Waals surface area contributed by atoms with Crippen molar-refractivity contribution < 1.29 is 38.4 Å². The smallest absolute Gasteiger partial charge is 0.305 e. The van der Waals surface area contributed by atoms with Gasteiger partial charge < -0.3 is 38.6 Å². The number of ether oxygens (including phenoxy) is 5. The molecule has 0 atom stereocenters. The number of carboxylic acid groups (broad SMARTS) is 1. The van der Waals surface area contributed by atoms with E-state index in [2.05, 4.69) is 63.5 Å². The van der Waals surface area contributed by atoms with Crippen LogP contribution in [0.5, 0.6) is 23.0 Å². The van der Waals surface area contributed by atoms with Crippen LogP contribution in [0.1, 0.15) is 85.3 Å². The van der Waals surface area contributed by atoms with Crippen molar-refractivity contribution in [2.45, 2.75) is 85.2 Å². The number of fused-ring (bicyclic) bond motifs is 2. The highest BCUT2D eigenvalue weighted by molar-refractivity contribution is 5.87. The fourth-order valence-corrected chi connectivity index (χ4v) is 6.73. The third-order valence-corrected chi connectivity index (χ3v) is 8.76. The zero-order valence-electron chi connectivity index (χ0n) is 30.6. The maximum absolute atomic E-state index is 11.7. The Kier molecular flexibility index (Phi) is 12.8. The van der Waals surface area contributed by atoms with Gasteiger partial charge >= 0.3 is 11.9 Å². The molecule has 1 N–H and O–H groups in total. The van der Waals surface area contributed by atoms with E-state index in [4.69, 9.17) is 28.8 Å². The van der Waals surface area contributed by atoms with Crippen LogP contribution in [0.15, 0.2) is 36.4 Å². The summed E-state index contributed by atoms with van der Waals surface area (Å²) in [6, 6.07) is 7.83. The molecule has 0 aliphatic carbocycles. The predicted octanol–water partition coefficient (Wildman–Crippen LogP) is 7.62. The summed E-state index contributed by atoms with van der Waals surface area (Å²) in [4.78, 5) is 27.0. The summed E-state index contributed by atoms with van der Waals surface area (Å²) in [6.07, 6.45) is 6.34. The van der Waals surface area contributed by atoms with E-state index in [0.717, 1.165) is 64.0 Å². The van der Waals surface area contributed by atoms with Gasteiger partial charge in [0.15, 0.2) is 0 Å². The first kappa shape index (κ1) is 38.1. The highest BCUT2D eigenvalue weighted by Crippen LogP contribution is 2.47. The molecule has 10 nitrogen and oxygen atoms in total. The van der Waals surface area contributed by atoms with E-state index in [9.17, 15) is 9.59 Å². The lowest BCUT2D eigenvalue weighted by molar-refractivity contribution is -0.143. The van der Waals surface area contributed by atoms with Crippen LogP contribution in [-0.4, -0.2) is 76.3 Å². The molecule has 2 aliphatic rings. The van der Waals surface area contributed by atoms with E-state index >= 15 is 0 Å². The number of hydrogen-bond acceptors (Lipinski definition) is 9. The molecule has 0 radical (unpaired) electrons. The summed E-state index contributed by atoms with van der Waals surface area (Å²) >= 11 is 0. The summed E-state index contributed by atoms with van der Waals surface area (Å²) in [6.45, 7) is 16.5. The minimum absolute atomic E-state index is 0.146. The van der Waals surface area contributed by atoms with E-state index < -0.39 is 5.97 Å². The molecule has 0 saturated heterocycles.